The van der Waals surface area contributed by atoms with Gasteiger partial charge in [-0.1, -0.05) is 13.3 Å². The van der Waals surface area contributed by atoms with Gasteiger partial charge >= 0.3 is 0 Å². The molecule has 2 nitrogen and oxygen atoms in total. The van der Waals surface area contributed by atoms with E-state index in [-0.39, 0.29) is 0 Å². The molecular formula is C16H30N2. The highest BCUT2D eigenvalue weighted by Gasteiger charge is 2.38. The molecule has 3 fully saturated rings. The molecule has 2 aliphatic heterocycles. The summed E-state index contributed by atoms with van der Waals surface area (Å²) >= 11 is 0. The molecule has 2 saturated heterocycles. The molecular weight excluding hydrogens is 220 g/mol. The van der Waals surface area contributed by atoms with E-state index < -0.39 is 0 Å². The Balaban J connectivity index is 1.47. The van der Waals surface area contributed by atoms with Crippen LogP contribution in [0.25, 0.3) is 0 Å². The second-order valence-electron chi connectivity index (χ2n) is 7.01. The summed E-state index contributed by atoms with van der Waals surface area (Å²) in [5.74, 6) is 1.02. The third-order valence-corrected chi connectivity index (χ3v) is 5.99. The molecule has 2 heterocycles. The lowest BCUT2D eigenvalue weighted by Gasteiger charge is -2.39. The Labute approximate surface area is 113 Å². The van der Waals surface area contributed by atoms with Crippen LogP contribution in [0.1, 0.15) is 64.7 Å². The molecule has 1 saturated carbocycles. The van der Waals surface area contributed by atoms with Crippen molar-refractivity contribution in [3.8, 4) is 0 Å². The zero-order valence-corrected chi connectivity index (χ0v) is 12.2. The molecule has 0 spiro atoms. The summed E-state index contributed by atoms with van der Waals surface area (Å²) in [5, 5.41) is 4.00. The van der Waals surface area contributed by atoms with Crippen molar-refractivity contribution in [2.24, 2.45) is 5.92 Å². The van der Waals surface area contributed by atoms with Gasteiger partial charge in [0.25, 0.3) is 0 Å². The molecule has 2 atom stereocenters. The fourth-order valence-corrected chi connectivity index (χ4v) is 4.62. The molecule has 2 unspecified atom stereocenters. The van der Waals surface area contributed by atoms with Crippen molar-refractivity contribution in [3.63, 3.8) is 0 Å². The van der Waals surface area contributed by atoms with Crippen molar-refractivity contribution < 1.29 is 0 Å². The van der Waals surface area contributed by atoms with Crippen LogP contribution in [0.2, 0.25) is 0 Å². The fraction of sp³-hybridized carbons (Fsp3) is 1.00. The average Bonchev–Trinajstić information content (AvgIpc) is 2.63. The maximum absolute atomic E-state index is 4.00. The number of nitrogens with zero attached hydrogens (tertiary/aromatic N) is 1. The van der Waals surface area contributed by atoms with Crippen molar-refractivity contribution in [1.29, 1.82) is 0 Å². The highest BCUT2D eigenvalue weighted by atomic mass is 15.2. The number of hydrogen-bond acceptors (Lipinski definition) is 2. The zero-order chi connectivity index (χ0) is 12.5. The van der Waals surface area contributed by atoms with E-state index in [2.05, 4.69) is 24.2 Å². The lowest BCUT2D eigenvalue weighted by Crippen LogP contribution is -2.50. The molecule has 2 bridgehead atoms. The molecule has 1 aliphatic carbocycles. The largest absolute Gasteiger partial charge is 0.311 e. The monoisotopic (exact) mass is 250 g/mol. The lowest BCUT2D eigenvalue weighted by molar-refractivity contribution is 0.135. The predicted molar refractivity (Wildman–Crippen MR) is 76.8 cm³/mol. The molecule has 0 aromatic carbocycles. The van der Waals surface area contributed by atoms with Crippen molar-refractivity contribution in [1.82, 2.24) is 10.2 Å². The zero-order valence-electron chi connectivity index (χ0n) is 12.2. The van der Waals surface area contributed by atoms with E-state index in [4.69, 9.17) is 0 Å². The first-order chi connectivity index (χ1) is 8.76. The lowest BCUT2D eigenvalue weighted by atomic mass is 9.84. The summed E-state index contributed by atoms with van der Waals surface area (Å²) in [6, 6.07) is 3.42. The van der Waals surface area contributed by atoms with Crippen LogP contribution in [0.5, 0.6) is 0 Å². The predicted octanol–water partition coefficient (Wildman–Crippen LogP) is 3.17. The van der Waals surface area contributed by atoms with Gasteiger partial charge in [0.05, 0.1) is 0 Å². The number of nitrogens with one attached hydrogen (secondary N) is 1. The van der Waals surface area contributed by atoms with Gasteiger partial charge in [0.2, 0.25) is 0 Å². The van der Waals surface area contributed by atoms with Gasteiger partial charge in [0.1, 0.15) is 0 Å². The van der Waals surface area contributed by atoms with E-state index in [9.17, 15) is 0 Å². The Kier molecular flexibility index (Phi) is 3.95. The molecule has 0 radical (unpaired) electrons. The summed E-state index contributed by atoms with van der Waals surface area (Å²) in [6.45, 7) is 2.35. The summed E-state index contributed by atoms with van der Waals surface area (Å²) in [7, 11) is 2.34. The number of fused-ring (bicyclic) bond motifs is 2. The molecule has 3 rings (SSSR count). The minimum atomic E-state index is 0.821. The van der Waals surface area contributed by atoms with Gasteiger partial charge in [0, 0.05) is 24.2 Å². The summed E-state index contributed by atoms with van der Waals surface area (Å²) in [4.78, 5) is 2.65. The number of hydrogen-bond donors (Lipinski definition) is 1. The molecule has 0 aromatic rings. The van der Waals surface area contributed by atoms with Gasteiger partial charge < -0.3 is 10.2 Å². The van der Waals surface area contributed by atoms with Gasteiger partial charge in [0.15, 0.2) is 0 Å². The first kappa shape index (κ1) is 12.9. The third kappa shape index (κ3) is 2.60. The van der Waals surface area contributed by atoms with Crippen LogP contribution < -0.4 is 5.32 Å². The molecule has 3 aliphatic rings. The summed E-state index contributed by atoms with van der Waals surface area (Å²) < 4.78 is 0. The topological polar surface area (TPSA) is 15.3 Å². The van der Waals surface area contributed by atoms with E-state index in [1.807, 2.05) is 0 Å². The van der Waals surface area contributed by atoms with Crippen molar-refractivity contribution in [3.05, 3.63) is 0 Å². The van der Waals surface area contributed by atoms with E-state index in [0.29, 0.717) is 0 Å². The third-order valence-electron chi connectivity index (χ3n) is 5.99. The quantitative estimate of drug-likeness (QED) is 0.827. The summed E-state index contributed by atoms with van der Waals surface area (Å²) in [6.07, 6.45) is 12.9. The second kappa shape index (κ2) is 5.50. The SMILES string of the molecule is CCC1CCC(NC2CC3CCC(C2)N3C)CC1. The smallest absolute Gasteiger partial charge is 0.0111 e. The van der Waals surface area contributed by atoms with Crippen LogP contribution in [0.4, 0.5) is 0 Å². The van der Waals surface area contributed by atoms with Crippen LogP contribution in [0.15, 0.2) is 0 Å². The van der Waals surface area contributed by atoms with Gasteiger partial charge in [-0.2, -0.15) is 0 Å². The first-order valence-electron chi connectivity index (χ1n) is 8.24. The van der Waals surface area contributed by atoms with E-state index >= 15 is 0 Å². The Morgan fingerprint density at radius 2 is 1.50 bits per heavy atom. The van der Waals surface area contributed by atoms with E-state index in [0.717, 1.165) is 30.1 Å². The molecule has 2 heteroatoms. The fourth-order valence-electron chi connectivity index (χ4n) is 4.62. The Hall–Kier alpha value is -0.0800. The maximum Gasteiger partial charge on any atom is 0.0111 e. The van der Waals surface area contributed by atoms with Crippen molar-refractivity contribution in [2.45, 2.75) is 88.9 Å². The highest BCUT2D eigenvalue weighted by molar-refractivity contribution is 4.97. The van der Waals surface area contributed by atoms with Crippen LogP contribution in [0.3, 0.4) is 0 Å². The maximum atomic E-state index is 4.00. The molecule has 18 heavy (non-hydrogen) atoms. The van der Waals surface area contributed by atoms with E-state index in [1.54, 1.807) is 0 Å². The van der Waals surface area contributed by atoms with Gasteiger partial charge in [-0.15, -0.1) is 0 Å². The first-order valence-corrected chi connectivity index (χ1v) is 8.24. The Morgan fingerprint density at radius 3 is 2.06 bits per heavy atom. The number of rotatable bonds is 3. The summed E-state index contributed by atoms with van der Waals surface area (Å²) in [5.41, 5.74) is 0. The minimum absolute atomic E-state index is 0.821. The molecule has 1 N–H and O–H groups in total. The van der Waals surface area contributed by atoms with Crippen molar-refractivity contribution in [2.75, 3.05) is 7.05 Å². The minimum Gasteiger partial charge on any atom is -0.311 e. The van der Waals surface area contributed by atoms with Crippen LogP contribution in [-0.2, 0) is 0 Å². The van der Waals surface area contributed by atoms with Gasteiger partial charge in [-0.05, 0) is 64.3 Å². The number of piperidine rings is 1. The normalized spacial score (nSPS) is 45.3. The van der Waals surface area contributed by atoms with E-state index in [1.165, 1.54) is 57.8 Å². The molecule has 0 amide bonds. The Bertz CT molecular complexity index is 256. The molecule has 0 aromatic heterocycles. The van der Waals surface area contributed by atoms with Gasteiger partial charge in [-0.3, -0.25) is 0 Å². The van der Waals surface area contributed by atoms with Crippen LogP contribution in [-0.4, -0.2) is 36.1 Å². The van der Waals surface area contributed by atoms with Crippen LogP contribution in [0, 0.1) is 5.92 Å². The van der Waals surface area contributed by atoms with Gasteiger partial charge in [-0.25, -0.2) is 0 Å². The molecule has 104 valence electrons. The average molecular weight is 250 g/mol. The Morgan fingerprint density at radius 1 is 0.889 bits per heavy atom. The second-order valence-corrected chi connectivity index (χ2v) is 7.01. The highest BCUT2D eigenvalue weighted by Crippen LogP contribution is 2.35. The standard InChI is InChI=1S/C16H30N2/c1-3-12-4-6-13(7-5-12)17-14-10-15-8-9-16(11-14)18(15)2/h12-17H,3-11H2,1-2H3. The van der Waals surface area contributed by atoms with Crippen LogP contribution >= 0.6 is 0 Å². The van der Waals surface area contributed by atoms with Crippen molar-refractivity contribution >= 4 is 0 Å².